The first-order valence-electron chi connectivity index (χ1n) is 5.70. The predicted octanol–water partition coefficient (Wildman–Crippen LogP) is 0.580. The van der Waals surface area contributed by atoms with Crippen LogP contribution in [0.15, 0.2) is 12.5 Å². The van der Waals surface area contributed by atoms with Crippen molar-refractivity contribution in [1.29, 1.82) is 0 Å². The Morgan fingerprint density at radius 2 is 2.62 bits per heavy atom. The minimum Gasteiger partial charge on any atom is -0.383 e. The molecule has 1 aromatic heterocycles. The van der Waals surface area contributed by atoms with Gasteiger partial charge in [-0.25, -0.2) is 4.98 Å². The van der Waals surface area contributed by atoms with Crippen molar-refractivity contribution in [2.45, 2.75) is 19.0 Å². The van der Waals surface area contributed by atoms with Crippen LogP contribution in [0.5, 0.6) is 0 Å². The van der Waals surface area contributed by atoms with Gasteiger partial charge in [0.15, 0.2) is 0 Å². The average molecular weight is 225 g/mol. The third kappa shape index (κ3) is 3.04. The molecule has 5 nitrogen and oxygen atoms in total. The first-order valence-corrected chi connectivity index (χ1v) is 5.70. The number of nitrogens with one attached hydrogen (secondary N) is 1. The second kappa shape index (κ2) is 5.98. The number of imidazole rings is 1. The first kappa shape index (κ1) is 11.6. The van der Waals surface area contributed by atoms with E-state index in [1.807, 2.05) is 6.33 Å². The molecule has 1 atom stereocenters. The van der Waals surface area contributed by atoms with Crippen molar-refractivity contribution in [3.8, 4) is 0 Å². The fourth-order valence-corrected chi connectivity index (χ4v) is 1.82. The van der Waals surface area contributed by atoms with Crippen LogP contribution in [0.4, 0.5) is 0 Å². The summed E-state index contributed by atoms with van der Waals surface area (Å²) >= 11 is 0. The van der Waals surface area contributed by atoms with Crippen molar-refractivity contribution in [2.24, 2.45) is 0 Å². The Labute approximate surface area is 95.8 Å². The van der Waals surface area contributed by atoms with E-state index in [4.69, 9.17) is 9.47 Å². The molecule has 0 aromatic carbocycles. The fourth-order valence-electron chi connectivity index (χ4n) is 1.82. The summed E-state index contributed by atoms with van der Waals surface area (Å²) in [4.78, 5) is 4.36. The molecule has 2 rings (SSSR count). The SMILES string of the molecule is COCCNCc1cn(C2CCOC2)cn1. The molecule has 1 unspecified atom stereocenters. The lowest BCUT2D eigenvalue weighted by Crippen LogP contribution is -2.18. The van der Waals surface area contributed by atoms with Gasteiger partial charge in [-0.15, -0.1) is 0 Å². The Balaban J connectivity index is 1.77. The first-order chi connectivity index (χ1) is 7.90. The van der Waals surface area contributed by atoms with E-state index >= 15 is 0 Å². The van der Waals surface area contributed by atoms with Crippen molar-refractivity contribution in [3.05, 3.63) is 18.2 Å². The van der Waals surface area contributed by atoms with Gasteiger partial charge in [-0.05, 0) is 6.42 Å². The largest absolute Gasteiger partial charge is 0.383 e. The molecule has 1 N–H and O–H groups in total. The van der Waals surface area contributed by atoms with Crippen LogP contribution in [0.1, 0.15) is 18.2 Å². The summed E-state index contributed by atoms with van der Waals surface area (Å²) in [5.41, 5.74) is 1.07. The molecular formula is C11H19N3O2. The van der Waals surface area contributed by atoms with E-state index in [0.717, 1.165) is 45.0 Å². The Kier molecular flexibility index (Phi) is 4.33. The van der Waals surface area contributed by atoms with Crippen LogP contribution in [0.25, 0.3) is 0 Å². The molecule has 90 valence electrons. The van der Waals surface area contributed by atoms with E-state index in [1.165, 1.54) is 0 Å². The summed E-state index contributed by atoms with van der Waals surface area (Å²) in [7, 11) is 1.70. The molecule has 1 saturated heterocycles. The molecule has 1 aliphatic rings. The highest BCUT2D eigenvalue weighted by Crippen LogP contribution is 2.18. The van der Waals surface area contributed by atoms with E-state index in [0.29, 0.717) is 6.04 Å². The lowest BCUT2D eigenvalue weighted by Gasteiger charge is -2.07. The van der Waals surface area contributed by atoms with Gasteiger partial charge in [-0.3, -0.25) is 0 Å². The summed E-state index contributed by atoms with van der Waals surface area (Å²) in [5, 5.41) is 3.27. The molecule has 0 spiro atoms. The molecule has 1 aliphatic heterocycles. The Morgan fingerprint density at radius 3 is 3.38 bits per heavy atom. The van der Waals surface area contributed by atoms with Gasteiger partial charge in [-0.1, -0.05) is 0 Å². The highest BCUT2D eigenvalue weighted by atomic mass is 16.5. The van der Waals surface area contributed by atoms with E-state index < -0.39 is 0 Å². The highest BCUT2D eigenvalue weighted by Gasteiger charge is 2.17. The second-order valence-corrected chi connectivity index (χ2v) is 4.00. The van der Waals surface area contributed by atoms with Gasteiger partial charge in [-0.2, -0.15) is 0 Å². The number of rotatable bonds is 6. The van der Waals surface area contributed by atoms with Gasteiger partial charge in [0.2, 0.25) is 0 Å². The Hall–Kier alpha value is -0.910. The quantitative estimate of drug-likeness (QED) is 0.719. The van der Waals surface area contributed by atoms with E-state index in [9.17, 15) is 0 Å². The summed E-state index contributed by atoms with van der Waals surface area (Å²) in [5.74, 6) is 0. The number of nitrogens with zero attached hydrogens (tertiary/aromatic N) is 2. The molecule has 0 aliphatic carbocycles. The molecule has 2 heterocycles. The standard InChI is InChI=1S/C11H19N3O2/c1-15-5-3-12-6-10-7-14(9-13-10)11-2-4-16-8-11/h7,9,11-12H,2-6,8H2,1H3. The number of hydrogen-bond donors (Lipinski definition) is 1. The number of aromatic nitrogens is 2. The van der Waals surface area contributed by atoms with E-state index in [-0.39, 0.29) is 0 Å². The molecule has 0 radical (unpaired) electrons. The summed E-state index contributed by atoms with van der Waals surface area (Å²) in [6.07, 6.45) is 5.08. The third-order valence-corrected chi connectivity index (χ3v) is 2.77. The van der Waals surface area contributed by atoms with Crippen molar-refractivity contribution >= 4 is 0 Å². The molecule has 1 fully saturated rings. The van der Waals surface area contributed by atoms with Crippen LogP contribution in [0.2, 0.25) is 0 Å². The van der Waals surface area contributed by atoms with Gasteiger partial charge in [0.05, 0.1) is 31.3 Å². The van der Waals surface area contributed by atoms with Crippen LogP contribution in [-0.4, -0.2) is 43.0 Å². The average Bonchev–Trinajstić information content (AvgIpc) is 2.94. The zero-order valence-electron chi connectivity index (χ0n) is 9.69. The summed E-state index contributed by atoms with van der Waals surface area (Å²) in [6.45, 7) is 4.06. The smallest absolute Gasteiger partial charge is 0.0953 e. The lowest BCUT2D eigenvalue weighted by molar-refractivity contribution is 0.186. The number of methoxy groups -OCH3 is 1. The molecule has 0 bridgehead atoms. The summed E-state index contributed by atoms with van der Waals surface area (Å²) in [6, 6.07) is 0.472. The maximum Gasteiger partial charge on any atom is 0.0953 e. The van der Waals surface area contributed by atoms with Gasteiger partial charge < -0.3 is 19.4 Å². The fraction of sp³-hybridized carbons (Fsp3) is 0.727. The zero-order valence-corrected chi connectivity index (χ0v) is 9.69. The van der Waals surface area contributed by atoms with E-state index in [2.05, 4.69) is 21.1 Å². The lowest BCUT2D eigenvalue weighted by atomic mass is 10.2. The molecule has 0 amide bonds. The van der Waals surface area contributed by atoms with E-state index in [1.54, 1.807) is 7.11 Å². The topological polar surface area (TPSA) is 48.3 Å². The monoisotopic (exact) mass is 225 g/mol. The van der Waals surface area contributed by atoms with Crippen molar-refractivity contribution in [3.63, 3.8) is 0 Å². The van der Waals surface area contributed by atoms with Gasteiger partial charge >= 0.3 is 0 Å². The van der Waals surface area contributed by atoms with Gasteiger partial charge in [0.25, 0.3) is 0 Å². The molecule has 16 heavy (non-hydrogen) atoms. The van der Waals surface area contributed by atoms with Crippen LogP contribution in [0.3, 0.4) is 0 Å². The molecule has 5 heteroatoms. The van der Waals surface area contributed by atoms with Gasteiger partial charge in [0.1, 0.15) is 0 Å². The zero-order chi connectivity index (χ0) is 11.2. The maximum atomic E-state index is 5.35. The minimum absolute atomic E-state index is 0.472. The normalized spacial score (nSPS) is 20.4. The predicted molar refractivity (Wildman–Crippen MR) is 60.3 cm³/mol. The Morgan fingerprint density at radius 1 is 1.69 bits per heavy atom. The van der Waals surface area contributed by atoms with Crippen LogP contribution < -0.4 is 5.32 Å². The van der Waals surface area contributed by atoms with Crippen molar-refractivity contribution in [2.75, 3.05) is 33.5 Å². The molecule has 0 saturated carbocycles. The third-order valence-electron chi connectivity index (χ3n) is 2.77. The minimum atomic E-state index is 0.472. The number of hydrogen-bond acceptors (Lipinski definition) is 4. The van der Waals surface area contributed by atoms with Crippen LogP contribution in [0, 0.1) is 0 Å². The highest BCUT2D eigenvalue weighted by molar-refractivity contribution is 4.98. The molecule has 1 aromatic rings. The molecular weight excluding hydrogens is 206 g/mol. The van der Waals surface area contributed by atoms with Gasteiger partial charge in [0, 0.05) is 33.0 Å². The maximum absolute atomic E-state index is 5.35. The van der Waals surface area contributed by atoms with Crippen LogP contribution in [-0.2, 0) is 16.0 Å². The van der Waals surface area contributed by atoms with Crippen molar-refractivity contribution < 1.29 is 9.47 Å². The van der Waals surface area contributed by atoms with Crippen molar-refractivity contribution in [1.82, 2.24) is 14.9 Å². The second-order valence-electron chi connectivity index (χ2n) is 4.00. The Bertz CT molecular complexity index is 308. The summed E-state index contributed by atoms with van der Waals surface area (Å²) < 4.78 is 12.5. The number of ether oxygens (including phenoxy) is 2. The van der Waals surface area contributed by atoms with Crippen LogP contribution >= 0.6 is 0 Å².